The van der Waals surface area contributed by atoms with Gasteiger partial charge in [0.05, 0.1) is 12.2 Å². The summed E-state index contributed by atoms with van der Waals surface area (Å²) >= 11 is 1.12. The zero-order chi connectivity index (χ0) is 23.1. The Balaban J connectivity index is 1.69. The van der Waals surface area contributed by atoms with E-state index in [9.17, 15) is 18.0 Å². The molecule has 7 nitrogen and oxygen atoms in total. The fourth-order valence-electron chi connectivity index (χ4n) is 4.00. The highest BCUT2D eigenvalue weighted by Gasteiger charge is 2.59. The zero-order valence-corrected chi connectivity index (χ0v) is 17.6. The molecule has 1 aromatic heterocycles. The van der Waals surface area contributed by atoms with Gasteiger partial charge in [-0.2, -0.15) is 5.26 Å². The van der Waals surface area contributed by atoms with Crippen molar-refractivity contribution in [1.29, 1.82) is 5.26 Å². The summed E-state index contributed by atoms with van der Waals surface area (Å²) in [5, 5.41) is 11.6. The van der Waals surface area contributed by atoms with Gasteiger partial charge >= 0.3 is 0 Å². The molecule has 0 aliphatic carbocycles. The van der Waals surface area contributed by atoms with Gasteiger partial charge in [-0.25, -0.2) is 23.1 Å². The van der Waals surface area contributed by atoms with Crippen molar-refractivity contribution in [3.63, 3.8) is 0 Å². The van der Waals surface area contributed by atoms with Crippen LogP contribution in [0.1, 0.15) is 28.5 Å². The number of rotatable bonds is 4. The van der Waals surface area contributed by atoms with Crippen molar-refractivity contribution < 1.29 is 22.7 Å². The monoisotopic (exact) mass is 461 g/mol. The lowest BCUT2D eigenvalue weighted by Crippen LogP contribution is -2.46. The Morgan fingerprint density at radius 1 is 1.41 bits per heavy atom. The van der Waals surface area contributed by atoms with Crippen molar-refractivity contribution in [1.82, 2.24) is 4.98 Å². The van der Waals surface area contributed by atoms with Gasteiger partial charge in [0.1, 0.15) is 29.2 Å². The summed E-state index contributed by atoms with van der Waals surface area (Å²) in [7, 11) is 0. The summed E-state index contributed by atoms with van der Waals surface area (Å²) in [5.41, 5.74) is 5.04. The number of benzene rings is 1. The number of aliphatic imine (C=N–C) groups is 1. The number of anilines is 1. The van der Waals surface area contributed by atoms with Gasteiger partial charge in [0.15, 0.2) is 5.17 Å². The molecule has 0 radical (unpaired) electrons. The smallest absolute Gasteiger partial charge is 0.274 e. The van der Waals surface area contributed by atoms with E-state index in [0.717, 1.165) is 24.8 Å². The molecule has 2 aromatic rings. The maximum absolute atomic E-state index is 15.0. The van der Waals surface area contributed by atoms with Gasteiger partial charge in [-0.3, -0.25) is 4.79 Å². The molecular formula is C21H18F3N5O2S. The van der Waals surface area contributed by atoms with E-state index in [-0.39, 0.29) is 34.5 Å². The second-order valence-corrected chi connectivity index (χ2v) is 8.71. The van der Waals surface area contributed by atoms with Crippen molar-refractivity contribution in [3.8, 4) is 6.07 Å². The van der Waals surface area contributed by atoms with Gasteiger partial charge in [-0.15, -0.1) is 0 Å². The third-order valence-electron chi connectivity index (χ3n) is 5.50. The number of carbonyl (C=O) groups is 1. The number of amides is 1. The topological polar surface area (TPSA) is 113 Å². The van der Waals surface area contributed by atoms with Crippen LogP contribution in [0.15, 0.2) is 41.5 Å². The van der Waals surface area contributed by atoms with Gasteiger partial charge in [0.25, 0.3) is 11.8 Å². The molecule has 1 aromatic carbocycles. The van der Waals surface area contributed by atoms with Crippen LogP contribution in [-0.2, 0) is 10.3 Å². The average Bonchev–Trinajstić information content (AvgIpc) is 3.15. The number of halogens is 3. The fourth-order valence-corrected chi connectivity index (χ4v) is 5.02. The van der Waals surface area contributed by atoms with E-state index in [1.54, 1.807) is 0 Å². The molecule has 2 unspecified atom stereocenters. The molecule has 32 heavy (non-hydrogen) atoms. The molecule has 0 saturated carbocycles. The molecule has 3 atom stereocenters. The number of pyridine rings is 1. The third-order valence-corrected chi connectivity index (χ3v) is 6.41. The van der Waals surface area contributed by atoms with Crippen LogP contribution in [0.4, 0.5) is 18.9 Å². The summed E-state index contributed by atoms with van der Waals surface area (Å²) in [5.74, 6) is -5.03. The number of nitriles is 1. The van der Waals surface area contributed by atoms with Gasteiger partial charge in [-0.1, -0.05) is 11.8 Å². The summed E-state index contributed by atoms with van der Waals surface area (Å²) in [4.78, 5) is 20.8. The number of aromatic nitrogens is 1. The maximum Gasteiger partial charge on any atom is 0.274 e. The van der Waals surface area contributed by atoms with Crippen LogP contribution in [0, 0.1) is 23.1 Å². The number of thioether (sulfide) groups is 1. The average molecular weight is 461 g/mol. The zero-order valence-electron chi connectivity index (χ0n) is 16.8. The Bertz CT molecular complexity index is 1130. The first-order chi connectivity index (χ1) is 15.1. The highest BCUT2D eigenvalue weighted by molar-refractivity contribution is 8.13. The van der Waals surface area contributed by atoms with Crippen molar-refractivity contribution in [3.05, 3.63) is 59.2 Å². The number of alkyl halides is 2. The number of nitrogens with two attached hydrogens (primary N) is 1. The molecule has 2 aliphatic rings. The second-order valence-electron chi connectivity index (χ2n) is 7.67. The Kier molecular flexibility index (Phi) is 5.60. The highest BCUT2D eigenvalue weighted by atomic mass is 32.2. The lowest BCUT2D eigenvalue weighted by atomic mass is 9.77. The first-order valence-corrected chi connectivity index (χ1v) is 10.6. The number of hydrogen-bond acceptors (Lipinski definition) is 7. The van der Waals surface area contributed by atoms with E-state index in [1.807, 2.05) is 6.07 Å². The minimum Gasteiger partial charge on any atom is -0.379 e. The van der Waals surface area contributed by atoms with E-state index in [4.69, 9.17) is 15.7 Å². The number of carbonyl (C=O) groups excluding carboxylic acids is 1. The first kappa shape index (κ1) is 22.1. The van der Waals surface area contributed by atoms with Crippen molar-refractivity contribution in [2.75, 3.05) is 17.7 Å². The van der Waals surface area contributed by atoms with Crippen LogP contribution in [-0.4, -0.2) is 40.4 Å². The predicted octanol–water partition coefficient (Wildman–Crippen LogP) is 3.27. The van der Waals surface area contributed by atoms with Crippen LogP contribution in [0.5, 0.6) is 0 Å². The van der Waals surface area contributed by atoms with Gasteiger partial charge < -0.3 is 15.8 Å². The van der Waals surface area contributed by atoms with Crippen LogP contribution < -0.4 is 11.1 Å². The molecule has 11 heteroatoms. The molecule has 1 saturated heterocycles. The second kappa shape index (κ2) is 8.11. The molecular weight excluding hydrogens is 443 g/mol. The number of nitrogens with one attached hydrogen (secondary N) is 1. The highest BCUT2D eigenvalue weighted by Crippen LogP contribution is 2.51. The van der Waals surface area contributed by atoms with Gasteiger partial charge in [0, 0.05) is 36.0 Å². The molecule has 3 N–H and O–H groups in total. The lowest BCUT2D eigenvalue weighted by molar-refractivity contribution is -0.113. The van der Waals surface area contributed by atoms with E-state index >= 15 is 0 Å². The summed E-state index contributed by atoms with van der Waals surface area (Å²) in [6.45, 7) is 0.496. The quantitative estimate of drug-likeness (QED) is 0.723. The molecule has 1 fully saturated rings. The fraction of sp³-hybridized carbons (Fsp3) is 0.333. The normalized spacial score (nSPS) is 24.9. The van der Waals surface area contributed by atoms with E-state index in [0.29, 0.717) is 5.56 Å². The minimum atomic E-state index is -3.15. The Hall–Kier alpha value is -3.10. The molecule has 1 amide bonds. The molecule has 0 spiro atoms. The van der Waals surface area contributed by atoms with Crippen molar-refractivity contribution >= 4 is 28.5 Å². The number of hydrogen-bond donors (Lipinski definition) is 2. The molecule has 2 aliphatic heterocycles. The van der Waals surface area contributed by atoms with Crippen LogP contribution in [0.25, 0.3) is 0 Å². The van der Waals surface area contributed by atoms with Gasteiger partial charge in [-0.05, 0) is 30.3 Å². The van der Waals surface area contributed by atoms with E-state index in [2.05, 4.69) is 15.3 Å². The third kappa shape index (κ3) is 3.91. The molecule has 166 valence electrons. The molecule has 4 rings (SSSR count). The standard InChI is InChI=1S/C21H18F3N5O2S/c1-20(23,24)17-14-9-32-19(26)29-21(14,10-31-17)13-6-12(3-4-15(13)22)28-18(30)16-5-2-11(7-25)8-27-16/h2-6,8,14,17H,9-10H2,1H3,(H2,26,29)(H,28,30)/t14?,17-,21?/m0/s1. The SMILES string of the molecule is CC(F)(F)[C@H]1OCC2(c3cc(NC(=O)c4ccc(C#N)cn4)ccc3F)N=C(N)SCC12. The number of nitrogens with zero attached hydrogens (tertiary/aromatic N) is 3. The predicted molar refractivity (Wildman–Crippen MR) is 113 cm³/mol. The number of fused-ring (bicyclic) bond motifs is 1. The summed E-state index contributed by atoms with van der Waals surface area (Å²) < 4.78 is 48.8. The number of ether oxygens (including phenoxy) is 1. The largest absolute Gasteiger partial charge is 0.379 e. The van der Waals surface area contributed by atoms with Crippen molar-refractivity contribution in [2.45, 2.75) is 24.5 Å². The van der Waals surface area contributed by atoms with Crippen LogP contribution in [0.3, 0.4) is 0 Å². The first-order valence-electron chi connectivity index (χ1n) is 9.59. The summed E-state index contributed by atoms with van der Waals surface area (Å²) in [6.07, 6.45) is -0.195. The summed E-state index contributed by atoms with van der Waals surface area (Å²) in [6, 6.07) is 8.57. The van der Waals surface area contributed by atoms with E-state index < -0.39 is 35.2 Å². The Morgan fingerprint density at radius 2 is 2.19 bits per heavy atom. The molecule has 3 heterocycles. The van der Waals surface area contributed by atoms with E-state index in [1.165, 1.54) is 30.5 Å². The van der Waals surface area contributed by atoms with Crippen LogP contribution >= 0.6 is 11.8 Å². The van der Waals surface area contributed by atoms with Gasteiger partial charge in [0.2, 0.25) is 0 Å². The Morgan fingerprint density at radius 3 is 2.84 bits per heavy atom. The lowest BCUT2D eigenvalue weighted by Gasteiger charge is -2.37. The Labute approximate surface area is 185 Å². The minimum absolute atomic E-state index is 0.0167. The van der Waals surface area contributed by atoms with Crippen LogP contribution in [0.2, 0.25) is 0 Å². The van der Waals surface area contributed by atoms with Crippen molar-refractivity contribution in [2.24, 2.45) is 16.6 Å². The maximum atomic E-state index is 15.0. The molecule has 0 bridgehead atoms. The number of amidine groups is 1.